The zero-order valence-electron chi connectivity index (χ0n) is 11.9. The third kappa shape index (κ3) is 3.10. The van der Waals surface area contributed by atoms with Gasteiger partial charge in [0.15, 0.2) is 0 Å². The van der Waals surface area contributed by atoms with Crippen LogP contribution in [0.2, 0.25) is 0 Å². The highest BCUT2D eigenvalue weighted by Gasteiger charge is 2.29. The average Bonchev–Trinajstić information content (AvgIpc) is 3.17. The van der Waals surface area contributed by atoms with Crippen molar-refractivity contribution in [1.82, 2.24) is 10.2 Å². The summed E-state index contributed by atoms with van der Waals surface area (Å²) in [7, 11) is 2.24. The first kappa shape index (κ1) is 12.9. The number of nitrogens with one attached hydrogen (secondary N) is 1. The number of ether oxygens (including phenoxy) is 1. The van der Waals surface area contributed by atoms with Gasteiger partial charge in [-0.1, -0.05) is 18.2 Å². The van der Waals surface area contributed by atoms with Crippen LogP contribution in [0.5, 0.6) is 5.75 Å². The normalized spacial score (nSPS) is 23.2. The van der Waals surface area contributed by atoms with E-state index in [1.807, 2.05) is 6.07 Å². The summed E-state index contributed by atoms with van der Waals surface area (Å²) in [5.41, 5.74) is 1.34. The van der Waals surface area contributed by atoms with Gasteiger partial charge in [0.1, 0.15) is 11.9 Å². The van der Waals surface area contributed by atoms with E-state index in [0.29, 0.717) is 12.1 Å². The Bertz CT molecular complexity index is 406. The molecule has 19 heavy (non-hydrogen) atoms. The largest absolute Gasteiger partial charge is 0.488 e. The van der Waals surface area contributed by atoms with Crippen LogP contribution in [0, 0.1) is 0 Å². The summed E-state index contributed by atoms with van der Waals surface area (Å²) in [4.78, 5) is 2.50. The molecule has 0 saturated heterocycles. The van der Waals surface area contributed by atoms with Crippen LogP contribution in [0.3, 0.4) is 0 Å². The van der Waals surface area contributed by atoms with Crippen molar-refractivity contribution in [2.75, 3.05) is 20.1 Å². The molecule has 1 N–H and O–H groups in total. The summed E-state index contributed by atoms with van der Waals surface area (Å²) < 4.78 is 5.93. The fourth-order valence-corrected chi connectivity index (χ4v) is 2.81. The van der Waals surface area contributed by atoms with E-state index in [9.17, 15) is 0 Å². The van der Waals surface area contributed by atoms with Gasteiger partial charge in [0.25, 0.3) is 0 Å². The maximum Gasteiger partial charge on any atom is 0.123 e. The van der Waals surface area contributed by atoms with Crippen LogP contribution < -0.4 is 10.1 Å². The van der Waals surface area contributed by atoms with Gasteiger partial charge >= 0.3 is 0 Å². The zero-order chi connectivity index (χ0) is 13.2. The second-order valence-electron chi connectivity index (χ2n) is 5.96. The first-order valence-electron chi connectivity index (χ1n) is 7.41. The minimum Gasteiger partial charge on any atom is -0.488 e. The molecule has 0 radical (unpaired) electrons. The van der Waals surface area contributed by atoms with Gasteiger partial charge in [0, 0.05) is 31.6 Å². The maximum absolute atomic E-state index is 5.93. The fourth-order valence-electron chi connectivity index (χ4n) is 2.81. The first-order chi connectivity index (χ1) is 9.24. The van der Waals surface area contributed by atoms with Gasteiger partial charge in [-0.25, -0.2) is 0 Å². The minimum absolute atomic E-state index is 0.302. The van der Waals surface area contributed by atoms with Crippen molar-refractivity contribution in [1.29, 1.82) is 0 Å². The smallest absolute Gasteiger partial charge is 0.123 e. The Morgan fingerprint density at radius 3 is 2.89 bits per heavy atom. The van der Waals surface area contributed by atoms with Crippen LogP contribution >= 0.6 is 0 Å². The van der Waals surface area contributed by atoms with Crippen molar-refractivity contribution < 1.29 is 4.74 Å². The molecule has 3 heteroatoms. The molecule has 3 nitrogen and oxygen atoms in total. The third-order valence-corrected chi connectivity index (χ3v) is 4.34. The van der Waals surface area contributed by atoms with E-state index in [1.165, 1.54) is 18.4 Å². The van der Waals surface area contributed by atoms with Crippen LogP contribution in [0.4, 0.5) is 0 Å². The molecule has 1 saturated carbocycles. The highest BCUT2D eigenvalue weighted by molar-refractivity contribution is 5.37. The number of para-hydroxylation sites is 1. The quantitative estimate of drug-likeness (QED) is 0.847. The lowest BCUT2D eigenvalue weighted by Gasteiger charge is -2.25. The standard InChI is InChI=1S/C16H24N2O/c1-12(18(2)14-7-8-14)10-17-11-15-9-13-5-3-4-6-16(13)19-15/h3-6,12,14-15,17H,7-11H2,1-2H3. The molecule has 1 aromatic rings. The number of hydrogen-bond acceptors (Lipinski definition) is 3. The number of likely N-dealkylation sites (N-methyl/N-ethyl adjacent to an activating group) is 1. The monoisotopic (exact) mass is 260 g/mol. The number of rotatable bonds is 6. The van der Waals surface area contributed by atoms with E-state index in [4.69, 9.17) is 4.74 Å². The van der Waals surface area contributed by atoms with Gasteiger partial charge < -0.3 is 10.1 Å². The maximum atomic E-state index is 5.93. The van der Waals surface area contributed by atoms with Gasteiger partial charge in [0.05, 0.1) is 0 Å². The van der Waals surface area contributed by atoms with Gasteiger partial charge in [-0.05, 0) is 38.4 Å². The van der Waals surface area contributed by atoms with Gasteiger partial charge in [-0.3, -0.25) is 4.90 Å². The minimum atomic E-state index is 0.302. The van der Waals surface area contributed by atoms with E-state index in [1.54, 1.807) is 0 Å². The Morgan fingerprint density at radius 2 is 2.16 bits per heavy atom. The zero-order valence-corrected chi connectivity index (χ0v) is 11.9. The third-order valence-electron chi connectivity index (χ3n) is 4.34. The Hall–Kier alpha value is -1.06. The summed E-state index contributed by atoms with van der Waals surface area (Å²) in [6.07, 6.45) is 4.09. The molecule has 1 aromatic carbocycles. The summed E-state index contributed by atoms with van der Waals surface area (Å²) >= 11 is 0. The molecule has 1 aliphatic heterocycles. The molecule has 2 atom stereocenters. The Morgan fingerprint density at radius 1 is 1.37 bits per heavy atom. The van der Waals surface area contributed by atoms with E-state index in [-0.39, 0.29) is 0 Å². The number of benzene rings is 1. The highest BCUT2D eigenvalue weighted by atomic mass is 16.5. The molecule has 3 rings (SSSR count). The predicted octanol–water partition coefficient (Wildman–Crippen LogP) is 2.06. The van der Waals surface area contributed by atoms with Gasteiger partial charge in [-0.15, -0.1) is 0 Å². The summed E-state index contributed by atoms with van der Waals surface area (Å²) in [5, 5.41) is 3.56. The van der Waals surface area contributed by atoms with Crippen LogP contribution in [-0.2, 0) is 6.42 Å². The molecule has 0 amide bonds. The summed E-state index contributed by atoms with van der Waals surface area (Å²) in [6, 6.07) is 9.81. The highest BCUT2D eigenvalue weighted by Crippen LogP contribution is 2.28. The molecule has 1 heterocycles. The lowest BCUT2D eigenvalue weighted by molar-refractivity contribution is 0.207. The summed E-state index contributed by atoms with van der Waals surface area (Å²) in [5.74, 6) is 1.07. The molecule has 1 fully saturated rings. The van der Waals surface area contributed by atoms with E-state index < -0.39 is 0 Å². The average molecular weight is 260 g/mol. The van der Waals surface area contributed by atoms with E-state index >= 15 is 0 Å². The van der Waals surface area contributed by atoms with Crippen molar-refractivity contribution in [3.63, 3.8) is 0 Å². The number of hydrogen-bond donors (Lipinski definition) is 1. The molecule has 0 bridgehead atoms. The first-order valence-corrected chi connectivity index (χ1v) is 7.41. The summed E-state index contributed by atoms with van der Waals surface area (Å²) in [6.45, 7) is 4.29. The Labute approximate surface area is 115 Å². The molecule has 0 spiro atoms. The lowest BCUT2D eigenvalue weighted by atomic mass is 10.1. The van der Waals surface area contributed by atoms with Crippen molar-refractivity contribution in [3.05, 3.63) is 29.8 Å². The molecule has 2 aliphatic rings. The second-order valence-corrected chi connectivity index (χ2v) is 5.96. The number of nitrogens with zero attached hydrogens (tertiary/aromatic N) is 1. The molecule has 104 valence electrons. The van der Waals surface area contributed by atoms with E-state index in [0.717, 1.165) is 31.3 Å². The van der Waals surface area contributed by atoms with Crippen LogP contribution in [0.25, 0.3) is 0 Å². The predicted molar refractivity (Wildman–Crippen MR) is 77.7 cm³/mol. The van der Waals surface area contributed by atoms with Crippen LogP contribution in [-0.4, -0.2) is 43.2 Å². The SMILES string of the molecule is CC(CNCC1Cc2ccccc2O1)N(C)C1CC1. The Kier molecular flexibility index (Phi) is 3.76. The molecule has 1 aliphatic carbocycles. The molecular formula is C16H24N2O. The van der Waals surface area contributed by atoms with E-state index in [2.05, 4.69) is 42.4 Å². The van der Waals surface area contributed by atoms with Crippen LogP contribution in [0.1, 0.15) is 25.3 Å². The fraction of sp³-hybridized carbons (Fsp3) is 0.625. The molecule has 2 unspecified atom stereocenters. The van der Waals surface area contributed by atoms with Crippen molar-refractivity contribution >= 4 is 0 Å². The molecular weight excluding hydrogens is 236 g/mol. The van der Waals surface area contributed by atoms with Crippen molar-refractivity contribution in [3.8, 4) is 5.75 Å². The lowest BCUT2D eigenvalue weighted by Crippen LogP contribution is -2.41. The topological polar surface area (TPSA) is 24.5 Å². The van der Waals surface area contributed by atoms with Crippen LogP contribution in [0.15, 0.2) is 24.3 Å². The van der Waals surface area contributed by atoms with Gasteiger partial charge in [-0.2, -0.15) is 0 Å². The van der Waals surface area contributed by atoms with Gasteiger partial charge in [0.2, 0.25) is 0 Å². The Balaban J connectivity index is 1.39. The second kappa shape index (κ2) is 5.51. The van der Waals surface area contributed by atoms with Crippen molar-refractivity contribution in [2.24, 2.45) is 0 Å². The number of fused-ring (bicyclic) bond motifs is 1. The van der Waals surface area contributed by atoms with Crippen molar-refractivity contribution in [2.45, 2.75) is 44.4 Å². The molecule has 0 aromatic heterocycles.